The van der Waals surface area contributed by atoms with Crippen molar-refractivity contribution in [1.29, 1.82) is 0 Å². The number of benzene rings is 1. The third-order valence-electron chi connectivity index (χ3n) is 3.59. The molecule has 0 heterocycles. The van der Waals surface area contributed by atoms with E-state index in [-0.39, 0.29) is 11.9 Å². The van der Waals surface area contributed by atoms with Crippen molar-refractivity contribution >= 4 is 11.9 Å². The smallest absolute Gasteiger partial charge is 0.220 e. The summed E-state index contributed by atoms with van der Waals surface area (Å²) in [5.41, 5.74) is 1.07. The second kappa shape index (κ2) is 12.2. The molecular weight excluding hydrogens is 316 g/mol. The van der Waals surface area contributed by atoms with Crippen LogP contribution in [0.1, 0.15) is 52.1 Å². The van der Waals surface area contributed by atoms with Gasteiger partial charge in [0.15, 0.2) is 5.96 Å². The maximum Gasteiger partial charge on any atom is 0.220 e. The van der Waals surface area contributed by atoms with Crippen molar-refractivity contribution in [2.45, 2.75) is 46.6 Å². The summed E-state index contributed by atoms with van der Waals surface area (Å²) in [5.74, 6) is 1.69. The highest BCUT2D eigenvalue weighted by atomic mass is 16.5. The minimum absolute atomic E-state index is 0.0224. The summed E-state index contributed by atoms with van der Waals surface area (Å²) in [6.45, 7) is 10.9. The molecule has 0 spiro atoms. The van der Waals surface area contributed by atoms with Crippen LogP contribution in [-0.4, -0.2) is 38.1 Å². The maximum absolute atomic E-state index is 12.1. The molecule has 1 unspecified atom stereocenters. The normalized spacial score (nSPS) is 11.4. The molecule has 1 rings (SSSR count). The van der Waals surface area contributed by atoms with Crippen LogP contribution >= 0.6 is 0 Å². The number of ether oxygens (including phenoxy) is 1. The lowest BCUT2D eigenvalue weighted by atomic mass is 10.1. The van der Waals surface area contributed by atoms with Gasteiger partial charge in [0.25, 0.3) is 0 Å². The van der Waals surface area contributed by atoms with E-state index >= 15 is 0 Å². The van der Waals surface area contributed by atoms with E-state index in [2.05, 4.69) is 20.9 Å². The molecule has 25 heavy (non-hydrogen) atoms. The number of nitrogens with one attached hydrogen (secondary N) is 3. The molecule has 140 valence electrons. The van der Waals surface area contributed by atoms with Crippen molar-refractivity contribution in [2.24, 2.45) is 4.99 Å². The molecule has 0 aliphatic rings. The van der Waals surface area contributed by atoms with E-state index in [4.69, 9.17) is 4.74 Å². The van der Waals surface area contributed by atoms with Gasteiger partial charge in [-0.15, -0.1) is 0 Å². The van der Waals surface area contributed by atoms with Crippen molar-refractivity contribution in [2.75, 3.05) is 26.2 Å². The van der Waals surface area contributed by atoms with Crippen LogP contribution in [0.3, 0.4) is 0 Å². The molecule has 0 aliphatic heterocycles. The molecule has 1 atom stereocenters. The number of hydrogen-bond donors (Lipinski definition) is 3. The summed E-state index contributed by atoms with van der Waals surface area (Å²) < 4.78 is 5.43. The molecule has 0 bridgehead atoms. The number of carbonyl (C=O) groups is 1. The average Bonchev–Trinajstić information content (AvgIpc) is 2.60. The van der Waals surface area contributed by atoms with Gasteiger partial charge in [-0.3, -0.25) is 9.79 Å². The number of guanidine groups is 1. The first kappa shape index (κ1) is 20.8. The topological polar surface area (TPSA) is 74.8 Å². The van der Waals surface area contributed by atoms with E-state index in [9.17, 15) is 4.79 Å². The third kappa shape index (κ3) is 8.42. The second-order valence-corrected chi connectivity index (χ2v) is 5.69. The van der Waals surface area contributed by atoms with Crippen molar-refractivity contribution in [3.05, 3.63) is 29.8 Å². The summed E-state index contributed by atoms with van der Waals surface area (Å²) in [6.07, 6.45) is 1.19. The van der Waals surface area contributed by atoms with Crippen molar-refractivity contribution in [3.63, 3.8) is 0 Å². The molecule has 0 saturated heterocycles. The van der Waals surface area contributed by atoms with Gasteiger partial charge >= 0.3 is 0 Å². The van der Waals surface area contributed by atoms with Crippen LogP contribution in [0.4, 0.5) is 0 Å². The number of aliphatic imine (C=N–C) groups is 1. The van der Waals surface area contributed by atoms with Crippen LogP contribution in [0.15, 0.2) is 29.3 Å². The van der Waals surface area contributed by atoms with Gasteiger partial charge in [0, 0.05) is 26.1 Å². The van der Waals surface area contributed by atoms with E-state index in [0.29, 0.717) is 19.6 Å². The van der Waals surface area contributed by atoms with Gasteiger partial charge in [0.2, 0.25) is 5.91 Å². The first-order valence-corrected chi connectivity index (χ1v) is 9.14. The van der Waals surface area contributed by atoms with E-state index in [1.54, 1.807) is 0 Å². The Balaban J connectivity index is 2.36. The van der Waals surface area contributed by atoms with Gasteiger partial charge in [-0.25, -0.2) is 0 Å². The van der Waals surface area contributed by atoms with Gasteiger partial charge in [-0.05, 0) is 51.8 Å². The molecule has 0 radical (unpaired) electrons. The lowest BCUT2D eigenvalue weighted by Gasteiger charge is -2.15. The largest absolute Gasteiger partial charge is 0.494 e. The summed E-state index contributed by atoms with van der Waals surface area (Å²) in [5, 5.41) is 9.36. The monoisotopic (exact) mass is 348 g/mol. The van der Waals surface area contributed by atoms with Crippen molar-refractivity contribution < 1.29 is 9.53 Å². The number of carbonyl (C=O) groups excluding carboxylic acids is 1. The van der Waals surface area contributed by atoms with Gasteiger partial charge in [-0.2, -0.15) is 0 Å². The van der Waals surface area contributed by atoms with Crippen LogP contribution < -0.4 is 20.7 Å². The summed E-state index contributed by atoms with van der Waals surface area (Å²) >= 11 is 0. The molecule has 0 aliphatic carbocycles. The Morgan fingerprint density at radius 2 is 1.76 bits per heavy atom. The molecule has 1 aromatic carbocycles. The predicted octanol–water partition coefficient (Wildman–Crippen LogP) is 2.62. The van der Waals surface area contributed by atoms with Gasteiger partial charge < -0.3 is 20.7 Å². The van der Waals surface area contributed by atoms with E-state index in [1.165, 1.54) is 0 Å². The van der Waals surface area contributed by atoms with Crippen LogP contribution in [0, 0.1) is 0 Å². The molecule has 6 heteroatoms. The van der Waals surface area contributed by atoms with Gasteiger partial charge in [0.1, 0.15) is 5.75 Å². The van der Waals surface area contributed by atoms with Gasteiger partial charge in [0.05, 0.1) is 12.6 Å². The minimum Gasteiger partial charge on any atom is -0.494 e. The SMILES string of the molecule is CCNC(=NCCCC(=O)NC(C)c1ccc(OCC)cc1)NCC. The third-order valence-corrected chi connectivity index (χ3v) is 3.59. The van der Waals surface area contributed by atoms with Crippen LogP contribution in [0.5, 0.6) is 5.75 Å². The quantitative estimate of drug-likeness (QED) is 0.345. The molecule has 0 saturated carbocycles. The first-order chi connectivity index (χ1) is 12.1. The number of hydrogen-bond acceptors (Lipinski definition) is 3. The Hall–Kier alpha value is -2.24. The molecule has 1 amide bonds. The second-order valence-electron chi connectivity index (χ2n) is 5.69. The molecule has 1 aromatic rings. The average molecular weight is 348 g/mol. The standard InChI is InChI=1S/C19H32N4O2/c1-5-20-19(21-6-2)22-14-8-9-18(24)23-15(4)16-10-12-17(13-11-16)25-7-3/h10-13,15H,5-9,14H2,1-4H3,(H,23,24)(H2,20,21,22). The molecule has 3 N–H and O–H groups in total. The fourth-order valence-electron chi connectivity index (χ4n) is 2.36. The zero-order chi connectivity index (χ0) is 18.5. The van der Waals surface area contributed by atoms with E-state index in [0.717, 1.165) is 36.8 Å². The number of rotatable bonds is 10. The van der Waals surface area contributed by atoms with Crippen molar-refractivity contribution in [3.8, 4) is 5.75 Å². The Labute approximate surface area is 151 Å². The summed E-state index contributed by atoms with van der Waals surface area (Å²) in [4.78, 5) is 16.5. The molecule has 0 aromatic heterocycles. The molecule has 6 nitrogen and oxygen atoms in total. The number of amides is 1. The van der Waals surface area contributed by atoms with E-state index in [1.807, 2.05) is 52.0 Å². The number of nitrogens with zero attached hydrogens (tertiary/aromatic N) is 1. The fraction of sp³-hybridized carbons (Fsp3) is 0.579. The van der Waals surface area contributed by atoms with Crippen LogP contribution in [0.25, 0.3) is 0 Å². The highest BCUT2D eigenvalue weighted by Crippen LogP contribution is 2.17. The van der Waals surface area contributed by atoms with Crippen LogP contribution in [0.2, 0.25) is 0 Å². The maximum atomic E-state index is 12.1. The zero-order valence-corrected chi connectivity index (χ0v) is 15.9. The first-order valence-electron chi connectivity index (χ1n) is 9.14. The highest BCUT2D eigenvalue weighted by Gasteiger charge is 2.09. The lowest BCUT2D eigenvalue weighted by molar-refractivity contribution is -0.121. The Morgan fingerprint density at radius 1 is 1.12 bits per heavy atom. The Morgan fingerprint density at radius 3 is 2.32 bits per heavy atom. The fourth-order valence-corrected chi connectivity index (χ4v) is 2.36. The van der Waals surface area contributed by atoms with Gasteiger partial charge in [-0.1, -0.05) is 12.1 Å². The predicted molar refractivity (Wildman–Crippen MR) is 103 cm³/mol. The minimum atomic E-state index is -0.0224. The zero-order valence-electron chi connectivity index (χ0n) is 15.9. The summed E-state index contributed by atoms with van der Waals surface area (Å²) in [6, 6.07) is 7.81. The Kier molecular flexibility index (Phi) is 10.1. The van der Waals surface area contributed by atoms with Crippen LogP contribution in [-0.2, 0) is 4.79 Å². The molecular formula is C19H32N4O2. The Bertz CT molecular complexity index is 521. The van der Waals surface area contributed by atoms with E-state index < -0.39 is 0 Å². The van der Waals surface area contributed by atoms with Crippen molar-refractivity contribution in [1.82, 2.24) is 16.0 Å². The lowest BCUT2D eigenvalue weighted by Crippen LogP contribution is -2.37. The summed E-state index contributed by atoms with van der Waals surface area (Å²) in [7, 11) is 0. The molecule has 0 fully saturated rings. The highest BCUT2D eigenvalue weighted by molar-refractivity contribution is 5.79.